The summed E-state index contributed by atoms with van der Waals surface area (Å²) in [5.74, 6) is -0.0181. The minimum absolute atomic E-state index is 0.0913. The predicted octanol–water partition coefficient (Wildman–Crippen LogP) is 1.78. The molecule has 0 aliphatic carbocycles. The van der Waals surface area contributed by atoms with Crippen LogP contribution in [-0.4, -0.2) is 37.8 Å². The van der Waals surface area contributed by atoms with Crippen LogP contribution in [-0.2, 0) is 4.74 Å². The SMILES string of the molecule is COCC1CCCN(c2ccc(/C(N)=N/O)cc2F)C1. The minimum atomic E-state index is -0.354. The zero-order chi connectivity index (χ0) is 14.5. The Morgan fingerprint density at radius 2 is 2.40 bits per heavy atom. The third-order valence-corrected chi connectivity index (χ3v) is 3.61. The van der Waals surface area contributed by atoms with Gasteiger partial charge in [0.2, 0.25) is 0 Å². The van der Waals surface area contributed by atoms with E-state index >= 15 is 0 Å². The van der Waals surface area contributed by atoms with Gasteiger partial charge >= 0.3 is 0 Å². The molecule has 1 aromatic carbocycles. The van der Waals surface area contributed by atoms with Gasteiger partial charge in [0, 0.05) is 25.8 Å². The molecular weight excluding hydrogens is 261 g/mol. The van der Waals surface area contributed by atoms with Gasteiger partial charge in [-0.05, 0) is 37.0 Å². The summed E-state index contributed by atoms with van der Waals surface area (Å²) in [6, 6.07) is 4.63. The van der Waals surface area contributed by atoms with Crippen molar-refractivity contribution < 1.29 is 14.3 Å². The zero-order valence-electron chi connectivity index (χ0n) is 11.6. The van der Waals surface area contributed by atoms with E-state index in [1.807, 2.05) is 4.90 Å². The first-order chi connectivity index (χ1) is 9.65. The zero-order valence-corrected chi connectivity index (χ0v) is 11.6. The van der Waals surface area contributed by atoms with E-state index < -0.39 is 0 Å². The molecule has 0 aromatic heterocycles. The fourth-order valence-electron chi connectivity index (χ4n) is 2.64. The molecular formula is C14H20FN3O2. The lowest BCUT2D eigenvalue weighted by atomic mass is 9.98. The average Bonchev–Trinajstić information content (AvgIpc) is 2.47. The number of methoxy groups -OCH3 is 1. The maximum atomic E-state index is 14.2. The molecule has 1 saturated heterocycles. The lowest BCUT2D eigenvalue weighted by Gasteiger charge is -2.34. The van der Waals surface area contributed by atoms with E-state index in [-0.39, 0.29) is 11.7 Å². The van der Waals surface area contributed by atoms with Crippen LogP contribution >= 0.6 is 0 Å². The summed E-state index contributed by atoms with van der Waals surface area (Å²) >= 11 is 0. The van der Waals surface area contributed by atoms with Gasteiger partial charge in [0.15, 0.2) is 5.84 Å². The molecule has 20 heavy (non-hydrogen) atoms. The second-order valence-corrected chi connectivity index (χ2v) is 5.06. The van der Waals surface area contributed by atoms with Crippen molar-refractivity contribution in [3.05, 3.63) is 29.6 Å². The van der Waals surface area contributed by atoms with E-state index in [1.54, 1.807) is 19.2 Å². The van der Waals surface area contributed by atoms with Gasteiger partial charge in [0.25, 0.3) is 0 Å². The van der Waals surface area contributed by atoms with E-state index in [2.05, 4.69) is 5.16 Å². The van der Waals surface area contributed by atoms with Gasteiger partial charge in [0.1, 0.15) is 5.82 Å². The van der Waals surface area contributed by atoms with Gasteiger partial charge < -0.3 is 20.6 Å². The monoisotopic (exact) mass is 281 g/mol. The summed E-state index contributed by atoms with van der Waals surface area (Å²) in [4.78, 5) is 2.03. The number of hydrogen-bond acceptors (Lipinski definition) is 4. The molecule has 1 aromatic rings. The lowest BCUT2D eigenvalue weighted by Crippen LogP contribution is -2.37. The number of ether oxygens (including phenoxy) is 1. The van der Waals surface area contributed by atoms with Crippen molar-refractivity contribution in [1.29, 1.82) is 0 Å². The third-order valence-electron chi connectivity index (χ3n) is 3.61. The number of oxime groups is 1. The van der Waals surface area contributed by atoms with Gasteiger partial charge in [-0.15, -0.1) is 0 Å². The Hall–Kier alpha value is -1.82. The number of rotatable bonds is 4. The van der Waals surface area contributed by atoms with Gasteiger partial charge in [-0.1, -0.05) is 5.16 Å². The van der Waals surface area contributed by atoms with Crippen molar-refractivity contribution in [1.82, 2.24) is 0 Å². The van der Waals surface area contributed by atoms with Crippen LogP contribution in [0.2, 0.25) is 0 Å². The molecule has 110 valence electrons. The van der Waals surface area contributed by atoms with Crippen molar-refractivity contribution in [2.24, 2.45) is 16.8 Å². The molecule has 6 heteroatoms. The molecule has 1 heterocycles. The molecule has 1 fully saturated rings. The Bertz CT molecular complexity index is 491. The summed E-state index contributed by atoms with van der Waals surface area (Å²) < 4.78 is 19.4. The molecule has 0 radical (unpaired) electrons. The third kappa shape index (κ3) is 3.19. The van der Waals surface area contributed by atoms with E-state index in [0.29, 0.717) is 23.8 Å². The number of amidine groups is 1. The number of nitrogens with zero attached hydrogens (tertiary/aromatic N) is 2. The maximum absolute atomic E-state index is 14.2. The highest BCUT2D eigenvalue weighted by Gasteiger charge is 2.22. The smallest absolute Gasteiger partial charge is 0.170 e. The largest absolute Gasteiger partial charge is 0.409 e. The number of piperidine rings is 1. The van der Waals surface area contributed by atoms with Gasteiger partial charge in [-0.3, -0.25) is 0 Å². The minimum Gasteiger partial charge on any atom is -0.409 e. The molecule has 1 unspecified atom stereocenters. The van der Waals surface area contributed by atoms with Crippen LogP contribution < -0.4 is 10.6 Å². The number of benzene rings is 1. The second kappa shape index (κ2) is 6.56. The molecule has 0 spiro atoms. The van der Waals surface area contributed by atoms with Crippen LogP contribution in [0.25, 0.3) is 0 Å². The Balaban J connectivity index is 2.16. The number of hydrogen-bond donors (Lipinski definition) is 2. The topological polar surface area (TPSA) is 71.1 Å². The Kier molecular flexibility index (Phi) is 4.79. The van der Waals surface area contributed by atoms with Crippen LogP contribution in [0, 0.1) is 11.7 Å². The lowest BCUT2D eigenvalue weighted by molar-refractivity contribution is 0.143. The molecule has 0 amide bonds. The van der Waals surface area contributed by atoms with Crippen molar-refractivity contribution in [3.63, 3.8) is 0 Å². The molecule has 1 atom stereocenters. The Morgan fingerprint density at radius 1 is 1.60 bits per heavy atom. The van der Waals surface area contributed by atoms with E-state index in [1.165, 1.54) is 6.07 Å². The molecule has 0 saturated carbocycles. The first-order valence-corrected chi connectivity index (χ1v) is 6.67. The number of anilines is 1. The highest BCUT2D eigenvalue weighted by molar-refractivity contribution is 5.97. The highest BCUT2D eigenvalue weighted by atomic mass is 19.1. The van der Waals surface area contributed by atoms with Crippen LogP contribution in [0.15, 0.2) is 23.4 Å². The number of nitrogens with two attached hydrogens (primary N) is 1. The summed E-state index contributed by atoms with van der Waals surface area (Å²) in [5.41, 5.74) is 6.39. The highest BCUT2D eigenvalue weighted by Crippen LogP contribution is 2.26. The molecule has 0 bridgehead atoms. The van der Waals surface area contributed by atoms with Crippen molar-refractivity contribution in [2.75, 3.05) is 31.7 Å². The van der Waals surface area contributed by atoms with Crippen molar-refractivity contribution >= 4 is 11.5 Å². The first-order valence-electron chi connectivity index (χ1n) is 6.67. The number of halogens is 1. The summed E-state index contributed by atoms with van der Waals surface area (Å²) in [7, 11) is 1.69. The van der Waals surface area contributed by atoms with Crippen molar-refractivity contribution in [2.45, 2.75) is 12.8 Å². The second-order valence-electron chi connectivity index (χ2n) is 5.06. The van der Waals surface area contributed by atoms with Crippen LogP contribution in [0.4, 0.5) is 10.1 Å². The van der Waals surface area contributed by atoms with Gasteiger partial charge in [-0.2, -0.15) is 0 Å². The predicted molar refractivity (Wildman–Crippen MR) is 75.7 cm³/mol. The fourth-order valence-corrected chi connectivity index (χ4v) is 2.64. The summed E-state index contributed by atoms with van der Waals surface area (Å²) in [6.07, 6.45) is 2.13. The molecule has 1 aliphatic rings. The molecule has 1 aliphatic heterocycles. The quantitative estimate of drug-likeness (QED) is 0.382. The normalized spacial score (nSPS) is 20.2. The van der Waals surface area contributed by atoms with Crippen LogP contribution in [0.3, 0.4) is 0 Å². The van der Waals surface area contributed by atoms with Crippen molar-refractivity contribution in [3.8, 4) is 0 Å². The van der Waals surface area contributed by atoms with Gasteiger partial charge in [0.05, 0.1) is 12.3 Å². The maximum Gasteiger partial charge on any atom is 0.170 e. The first kappa shape index (κ1) is 14.6. The molecule has 2 rings (SSSR count). The standard InChI is InChI=1S/C14H20FN3O2/c1-20-9-10-3-2-6-18(8-10)13-5-4-11(7-12(13)15)14(16)17-19/h4-5,7,10,19H,2-3,6,8-9H2,1H3,(H2,16,17). The molecule has 3 N–H and O–H groups in total. The van der Waals surface area contributed by atoms with E-state index in [4.69, 9.17) is 15.7 Å². The fraction of sp³-hybridized carbons (Fsp3) is 0.500. The van der Waals surface area contributed by atoms with E-state index in [0.717, 1.165) is 25.9 Å². The Labute approximate surface area is 117 Å². The molecule has 5 nitrogen and oxygen atoms in total. The summed E-state index contributed by atoms with van der Waals surface area (Å²) in [5, 5.41) is 11.5. The Morgan fingerprint density at radius 3 is 3.05 bits per heavy atom. The van der Waals surface area contributed by atoms with E-state index in [9.17, 15) is 4.39 Å². The average molecular weight is 281 g/mol. The van der Waals surface area contributed by atoms with Gasteiger partial charge in [-0.25, -0.2) is 4.39 Å². The van der Waals surface area contributed by atoms with Crippen LogP contribution in [0.5, 0.6) is 0 Å². The summed E-state index contributed by atoms with van der Waals surface area (Å²) in [6.45, 7) is 2.31. The van der Waals surface area contributed by atoms with Crippen LogP contribution in [0.1, 0.15) is 18.4 Å².